The van der Waals surface area contributed by atoms with Crippen molar-refractivity contribution in [1.82, 2.24) is 4.98 Å². The summed E-state index contributed by atoms with van der Waals surface area (Å²) in [6.45, 7) is 4.48. The van der Waals surface area contributed by atoms with Crippen LogP contribution >= 0.6 is 0 Å². The van der Waals surface area contributed by atoms with Gasteiger partial charge in [-0.3, -0.25) is 9.59 Å². The molecule has 0 bridgehead atoms. The molecule has 0 fully saturated rings. The van der Waals surface area contributed by atoms with Crippen LogP contribution in [0.25, 0.3) is 10.9 Å². The number of fused-ring (bicyclic) bond motifs is 1. The fourth-order valence-corrected chi connectivity index (χ4v) is 1.82. The molecule has 1 heterocycles. The normalized spacial score (nSPS) is 10.4. The van der Waals surface area contributed by atoms with Gasteiger partial charge in [-0.25, -0.2) is 0 Å². The fraction of sp³-hybridized carbons (Fsp3) is 0.231. The predicted molar refractivity (Wildman–Crippen MR) is 65.7 cm³/mol. The number of rotatable bonds is 2. The zero-order valence-corrected chi connectivity index (χ0v) is 10.4. The van der Waals surface area contributed by atoms with Crippen molar-refractivity contribution >= 4 is 22.8 Å². The summed E-state index contributed by atoms with van der Waals surface area (Å²) in [5, 5.41) is 0.740. The van der Waals surface area contributed by atoms with Crippen molar-refractivity contribution in [1.29, 1.82) is 0 Å². The van der Waals surface area contributed by atoms with Crippen molar-refractivity contribution in [3.63, 3.8) is 0 Å². The van der Waals surface area contributed by atoms with E-state index in [2.05, 4.69) is 4.98 Å². The number of esters is 2. The molecule has 1 aromatic heterocycles. The van der Waals surface area contributed by atoms with Crippen LogP contribution in [0.15, 0.2) is 18.2 Å². The van der Waals surface area contributed by atoms with E-state index >= 15 is 0 Å². The van der Waals surface area contributed by atoms with Gasteiger partial charge in [-0.1, -0.05) is 12.1 Å². The average molecular weight is 247 g/mol. The molecule has 0 aliphatic carbocycles. The van der Waals surface area contributed by atoms with Crippen LogP contribution < -0.4 is 9.47 Å². The minimum Gasteiger partial charge on any atom is -0.420 e. The molecule has 0 spiro atoms. The Hall–Kier alpha value is -2.30. The highest BCUT2D eigenvalue weighted by atomic mass is 16.6. The fourth-order valence-electron chi connectivity index (χ4n) is 1.82. The van der Waals surface area contributed by atoms with Gasteiger partial charge < -0.3 is 14.5 Å². The van der Waals surface area contributed by atoms with E-state index in [1.165, 1.54) is 13.8 Å². The molecule has 0 amide bonds. The van der Waals surface area contributed by atoms with Crippen LogP contribution in [0.2, 0.25) is 0 Å². The molecule has 1 aromatic carbocycles. The molecule has 1 N–H and O–H groups in total. The lowest BCUT2D eigenvalue weighted by molar-refractivity contribution is -0.134. The molecule has 0 unspecified atom stereocenters. The summed E-state index contributed by atoms with van der Waals surface area (Å²) in [5.74, 6) is -0.534. The molecule has 2 rings (SSSR count). The van der Waals surface area contributed by atoms with Crippen molar-refractivity contribution in [2.75, 3.05) is 0 Å². The van der Waals surface area contributed by atoms with E-state index in [1.54, 1.807) is 0 Å². The maximum atomic E-state index is 11.1. The quantitative estimate of drug-likeness (QED) is 0.827. The van der Waals surface area contributed by atoms with Crippen LogP contribution in [-0.2, 0) is 9.59 Å². The highest BCUT2D eigenvalue weighted by Gasteiger charge is 2.18. The minimum atomic E-state index is -0.479. The number of benzene rings is 1. The van der Waals surface area contributed by atoms with Crippen molar-refractivity contribution in [3.05, 3.63) is 23.8 Å². The topological polar surface area (TPSA) is 68.4 Å². The number of carbonyl (C=O) groups excluding carboxylic acids is 2. The Labute approximate surface area is 104 Å². The molecule has 94 valence electrons. The molecule has 0 radical (unpaired) electrons. The molecule has 0 saturated carbocycles. The molecule has 0 saturated heterocycles. The van der Waals surface area contributed by atoms with Gasteiger partial charge in [0.2, 0.25) is 11.6 Å². The monoisotopic (exact) mass is 247 g/mol. The lowest BCUT2D eigenvalue weighted by atomic mass is 10.1. The summed E-state index contributed by atoms with van der Waals surface area (Å²) in [4.78, 5) is 25.1. The zero-order chi connectivity index (χ0) is 13.3. The van der Waals surface area contributed by atoms with Gasteiger partial charge >= 0.3 is 11.9 Å². The number of hydrogen-bond donors (Lipinski definition) is 1. The maximum Gasteiger partial charge on any atom is 0.309 e. The highest BCUT2D eigenvalue weighted by molar-refractivity contribution is 5.94. The number of aromatic amines is 1. The third-order valence-corrected chi connectivity index (χ3v) is 2.45. The van der Waals surface area contributed by atoms with Crippen molar-refractivity contribution < 1.29 is 19.1 Å². The molecule has 5 heteroatoms. The first-order valence-corrected chi connectivity index (χ1v) is 5.47. The Morgan fingerprint density at radius 2 is 1.78 bits per heavy atom. The minimum absolute atomic E-state index is 0.155. The number of aromatic nitrogens is 1. The third-order valence-electron chi connectivity index (χ3n) is 2.45. The second kappa shape index (κ2) is 4.52. The number of nitrogens with one attached hydrogen (secondary N) is 1. The van der Waals surface area contributed by atoms with Gasteiger partial charge in [-0.2, -0.15) is 0 Å². The first-order chi connectivity index (χ1) is 8.49. The summed E-state index contributed by atoms with van der Waals surface area (Å²) < 4.78 is 10.1. The number of ether oxygens (including phenoxy) is 2. The Kier molecular flexibility index (Phi) is 3.06. The number of H-pyrrole nitrogens is 1. The Morgan fingerprint density at radius 3 is 2.39 bits per heavy atom. The summed E-state index contributed by atoms with van der Waals surface area (Å²) in [6.07, 6.45) is 0. The van der Waals surface area contributed by atoms with E-state index in [9.17, 15) is 9.59 Å². The first kappa shape index (κ1) is 12.2. The van der Waals surface area contributed by atoms with E-state index in [4.69, 9.17) is 9.47 Å². The van der Waals surface area contributed by atoms with Crippen molar-refractivity contribution in [2.24, 2.45) is 0 Å². The van der Waals surface area contributed by atoms with Gasteiger partial charge in [-0.05, 0) is 18.6 Å². The molecule has 18 heavy (non-hydrogen) atoms. The zero-order valence-electron chi connectivity index (χ0n) is 10.4. The highest BCUT2D eigenvalue weighted by Crippen LogP contribution is 2.38. The largest absolute Gasteiger partial charge is 0.420 e. The summed E-state index contributed by atoms with van der Waals surface area (Å²) >= 11 is 0. The van der Waals surface area contributed by atoms with Crippen LogP contribution in [-0.4, -0.2) is 16.9 Å². The number of aryl methyl sites for hydroxylation is 1. The SMILES string of the molecule is CC(=O)Oc1[nH]c2cccc(C)c2c1OC(C)=O. The van der Waals surface area contributed by atoms with E-state index in [-0.39, 0.29) is 11.6 Å². The Balaban J connectivity index is 2.65. The van der Waals surface area contributed by atoms with Crippen molar-refractivity contribution in [2.45, 2.75) is 20.8 Å². The van der Waals surface area contributed by atoms with Crippen LogP contribution in [0.5, 0.6) is 11.6 Å². The Morgan fingerprint density at radius 1 is 1.11 bits per heavy atom. The molecule has 0 aliphatic heterocycles. The van der Waals surface area contributed by atoms with Gasteiger partial charge in [-0.15, -0.1) is 0 Å². The Bertz CT molecular complexity index is 627. The maximum absolute atomic E-state index is 11.1. The van der Waals surface area contributed by atoms with Gasteiger partial charge in [0.05, 0.1) is 5.52 Å². The van der Waals surface area contributed by atoms with Gasteiger partial charge in [0.25, 0.3) is 0 Å². The number of hydrogen-bond acceptors (Lipinski definition) is 4. The van der Waals surface area contributed by atoms with Crippen LogP contribution in [0.4, 0.5) is 0 Å². The van der Waals surface area contributed by atoms with Crippen LogP contribution in [0, 0.1) is 6.92 Å². The van der Waals surface area contributed by atoms with Gasteiger partial charge in [0.15, 0.2) is 0 Å². The second-order valence-corrected chi connectivity index (χ2v) is 3.97. The van der Waals surface area contributed by atoms with E-state index in [0.29, 0.717) is 0 Å². The first-order valence-electron chi connectivity index (χ1n) is 5.47. The van der Waals surface area contributed by atoms with E-state index in [0.717, 1.165) is 16.5 Å². The smallest absolute Gasteiger partial charge is 0.309 e. The van der Waals surface area contributed by atoms with Gasteiger partial charge in [0.1, 0.15) is 0 Å². The lowest BCUT2D eigenvalue weighted by Crippen LogP contribution is -2.06. The molecular formula is C13H13NO4. The van der Waals surface area contributed by atoms with Gasteiger partial charge in [0, 0.05) is 19.2 Å². The predicted octanol–water partition coefficient (Wildman–Crippen LogP) is 2.33. The average Bonchev–Trinajstić information content (AvgIpc) is 2.56. The summed E-state index contributed by atoms with van der Waals surface area (Å²) in [5.41, 5.74) is 1.68. The molecular weight excluding hydrogens is 234 g/mol. The second-order valence-electron chi connectivity index (χ2n) is 3.97. The lowest BCUT2D eigenvalue weighted by Gasteiger charge is -2.04. The third kappa shape index (κ3) is 2.20. The van der Waals surface area contributed by atoms with Crippen LogP contribution in [0.3, 0.4) is 0 Å². The molecule has 0 aliphatic rings. The van der Waals surface area contributed by atoms with Crippen LogP contribution in [0.1, 0.15) is 19.4 Å². The van der Waals surface area contributed by atoms with Crippen molar-refractivity contribution in [3.8, 4) is 11.6 Å². The van der Waals surface area contributed by atoms with E-state index in [1.807, 2.05) is 25.1 Å². The molecule has 5 nitrogen and oxygen atoms in total. The molecule has 0 atom stereocenters. The number of carbonyl (C=O) groups is 2. The summed E-state index contributed by atoms with van der Waals surface area (Å²) in [6, 6.07) is 5.58. The standard InChI is InChI=1S/C13H13NO4/c1-7-5-4-6-10-11(7)12(17-8(2)15)13(14-10)18-9(3)16/h4-6,14H,1-3H3. The molecule has 2 aromatic rings. The van der Waals surface area contributed by atoms with E-state index < -0.39 is 11.9 Å². The summed E-state index contributed by atoms with van der Waals surface area (Å²) in [7, 11) is 0.